The fraction of sp³-hybridized carbons (Fsp3) is 0.182. The number of hydrogen-bond acceptors (Lipinski definition) is 5. The van der Waals surface area contributed by atoms with E-state index in [2.05, 4.69) is 15.5 Å². The van der Waals surface area contributed by atoms with Gasteiger partial charge in [-0.25, -0.2) is 4.79 Å². The highest BCUT2D eigenvalue weighted by atomic mass is 35.5. The zero-order valence-corrected chi connectivity index (χ0v) is 16.7. The van der Waals surface area contributed by atoms with Gasteiger partial charge in [0.2, 0.25) is 0 Å². The Labute approximate surface area is 178 Å². The smallest absolute Gasteiger partial charge is 0.326 e. The lowest BCUT2D eigenvalue weighted by atomic mass is 10.1. The Kier molecular flexibility index (Phi) is 5.63. The lowest BCUT2D eigenvalue weighted by Crippen LogP contribution is -2.40. The van der Waals surface area contributed by atoms with Crippen molar-refractivity contribution in [1.29, 1.82) is 0 Å². The molecule has 1 amide bonds. The molecule has 0 radical (unpaired) electrons. The number of rotatable bonds is 5. The van der Waals surface area contributed by atoms with E-state index in [1.165, 1.54) is 4.90 Å². The first kappa shape index (κ1) is 19.8. The van der Waals surface area contributed by atoms with Crippen LogP contribution in [0.4, 0.5) is 11.5 Å². The molecule has 0 unspecified atom stereocenters. The zero-order valence-electron chi connectivity index (χ0n) is 16.0. The summed E-state index contributed by atoms with van der Waals surface area (Å²) in [5.41, 5.74) is 2.74. The third-order valence-electron chi connectivity index (χ3n) is 4.99. The molecule has 1 aromatic heterocycles. The minimum Gasteiger partial charge on any atom is -0.480 e. The van der Waals surface area contributed by atoms with Crippen LogP contribution in [0.25, 0.3) is 11.3 Å². The van der Waals surface area contributed by atoms with Crippen LogP contribution in [0.15, 0.2) is 60.7 Å². The lowest BCUT2D eigenvalue weighted by Gasteiger charge is -2.21. The van der Waals surface area contributed by atoms with Crippen LogP contribution in [-0.4, -0.2) is 44.7 Å². The average molecular weight is 423 g/mol. The molecule has 1 aliphatic heterocycles. The fourth-order valence-corrected chi connectivity index (χ4v) is 3.67. The monoisotopic (exact) mass is 422 g/mol. The number of carbonyl (C=O) groups excluding carboxylic acids is 1. The summed E-state index contributed by atoms with van der Waals surface area (Å²) in [6, 6.07) is 17.2. The van der Waals surface area contributed by atoms with Gasteiger partial charge in [0.1, 0.15) is 6.04 Å². The van der Waals surface area contributed by atoms with Crippen LogP contribution in [0.3, 0.4) is 0 Å². The van der Waals surface area contributed by atoms with Gasteiger partial charge in [0.05, 0.1) is 5.69 Å². The van der Waals surface area contributed by atoms with Gasteiger partial charge in [0.25, 0.3) is 5.91 Å². The molecule has 2 aromatic carbocycles. The summed E-state index contributed by atoms with van der Waals surface area (Å²) in [4.78, 5) is 25.4. The second kappa shape index (κ2) is 8.51. The topological polar surface area (TPSA) is 95.4 Å². The standard InChI is InChI=1S/C22H19ClN4O3/c23-16-3-1-4-17(13-16)24-20-11-10-18(25-26-20)14-6-8-15(9-7-14)21(28)27-12-2-5-19(27)22(29)30/h1,3-4,6-11,13,19H,2,5,12H2,(H,24,26)(H,29,30)/t19-/m0/s1. The number of benzene rings is 2. The van der Waals surface area contributed by atoms with Crippen LogP contribution in [0.5, 0.6) is 0 Å². The van der Waals surface area contributed by atoms with E-state index in [0.717, 1.165) is 11.3 Å². The average Bonchev–Trinajstić information content (AvgIpc) is 3.24. The normalized spacial score (nSPS) is 15.8. The third-order valence-corrected chi connectivity index (χ3v) is 5.22. The number of carboxylic acids is 1. The van der Waals surface area contributed by atoms with Crippen LogP contribution >= 0.6 is 11.6 Å². The van der Waals surface area contributed by atoms with Gasteiger partial charge < -0.3 is 15.3 Å². The Hall–Kier alpha value is -3.45. The van der Waals surface area contributed by atoms with E-state index in [4.69, 9.17) is 11.6 Å². The number of likely N-dealkylation sites (tertiary alicyclic amines) is 1. The molecule has 1 fully saturated rings. The number of nitrogens with zero attached hydrogens (tertiary/aromatic N) is 3. The van der Waals surface area contributed by atoms with E-state index in [-0.39, 0.29) is 5.91 Å². The van der Waals surface area contributed by atoms with Crippen molar-refractivity contribution in [2.45, 2.75) is 18.9 Å². The van der Waals surface area contributed by atoms with Crippen molar-refractivity contribution >= 4 is 35.0 Å². The molecule has 3 aromatic rings. The number of aliphatic carboxylic acids is 1. The van der Waals surface area contributed by atoms with E-state index < -0.39 is 12.0 Å². The summed E-state index contributed by atoms with van der Waals surface area (Å²) >= 11 is 5.98. The van der Waals surface area contributed by atoms with E-state index >= 15 is 0 Å². The van der Waals surface area contributed by atoms with Gasteiger partial charge in [0, 0.05) is 28.4 Å². The molecular weight excluding hydrogens is 404 g/mol. The molecule has 1 atom stereocenters. The number of halogens is 1. The van der Waals surface area contributed by atoms with Crippen molar-refractivity contribution < 1.29 is 14.7 Å². The predicted octanol–water partition coefficient (Wildman–Crippen LogP) is 4.23. The second-order valence-electron chi connectivity index (χ2n) is 7.01. The number of aromatic nitrogens is 2. The summed E-state index contributed by atoms with van der Waals surface area (Å²) in [5, 5.41) is 21.5. The molecular formula is C22H19ClN4O3. The number of amides is 1. The molecule has 0 spiro atoms. The van der Waals surface area contributed by atoms with E-state index in [1.807, 2.05) is 24.3 Å². The van der Waals surface area contributed by atoms with E-state index in [1.54, 1.807) is 36.4 Å². The highest BCUT2D eigenvalue weighted by molar-refractivity contribution is 6.30. The molecule has 0 saturated carbocycles. The van der Waals surface area contributed by atoms with Crippen molar-refractivity contribution in [3.63, 3.8) is 0 Å². The quantitative estimate of drug-likeness (QED) is 0.638. The second-order valence-corrected chi connectivity index (χ2v) is 7.45. The molecule has 4 rings (SSSR count). The molecule has 7 nitrogen and oxygen atoms in total. The van der Waals surface area contributed by atoms with Gasteiger partial charge in [0.15, 0.2) is 5.82 Å². The van der Waals surface area contributed by atoms with Gasteiger partial charge in [-0.05, 0) is 55.3 Å². The molecule has 1 aliphatic rings. The Bertz CT molecular complexity index is 1070. The minimum absolute atomic E-state index is 0.265. The van der Waals surface area contributed by atoms with Crippen LogP contribution in [0.1, 0.15) is 23.2 Å². The predicted molar refractivity (Wildman–Crippen MR) is 114 cm³/mol. The van der Waals surface area contributed by atoms with Crippen LogP contribution in [0, 0.1) is 0 Å². The van der Waals surface area contributed by atoms with E-state index in [0.29, 0.717) is 41.5 Å². The number of carbonyl (C=O) groups is 2. The number of hydrogen-bond donors (Lipinski definition) is 2. The van der Waals surface area contributed by atoms with Crippen molar-refractivity contribution in [2.75, 3.05) is 11.9 Å². The van der Waals surface area contributed by atoms with Crippen LogP contribution < -0.4 is 5.32 Å². The maximum absolute atomic E-state index is 12.7. The van der Waals surface area contributed by atoms with Gasteiger partial charge in [-0.15, -0.1) is 10.2 Å². The number of nitrogens with one attached hydrogen (secondary N) is 1. The van der Waals surface area contributed by atoms with Gasteiger partial charge >= 0.3 is 5.97 Å². The first-order valence-corrected chi connectivity index (χ1v) is 9.89. The molecule has 8 heteroatoms. The Morgan fingerprint density at radius 2 is 1.87 bits per heavy atom. The number of carboxylic acid groups (broad SMARTS) is 1. The van der Waals surface area contributed by atoms with Gasteiger partial charge in [-0.1, -0.05) is 29.8 Å². The summed E-state index contributed by atoms with van der Waals surface area (Å²) in [7, 11) is 0. The molecule has 2 heterocycles. The summed E-state index contributed by atoms with van der Waals surface area (Å²) in [6.07, 6.45) is 1.19. The summed E-state index contributed by atoms with van der Waals surface area (Å²) in [5.74, 6) is -0.639. The van der Waals surface area contributed by atoms with Crippen LogP contribution in [0.2, 0.25) is 5.02 Å². The molecule has 152 valence electrons. The SMILES string of the molecule is O=C(O)[C@@H]1CCCN1C(=O)c1ccc(-c2ccc(Nc3cccc(Cl)c3)nn2)cc1. The first-order valence-electron chi connectivity index (χ1n) is 9.52. The Morgan fingerprint density at radius 3 is 2.53 bits per heavy atom. The largest absolute Gasteiger partial charge is 0.480 e. The van der Waals surface area contributed by atoms with Gasteiger partial charge in [-0.2, -0.15) is 0 Å². The zero-order chi connectivity index (χ0) is 21.1. The highest BCUT2D eigenvalue weighted by Crippen LogP contribution is 2.24. The highest BCUT2D eigenvalue weighted by Gasteiger charge is 2.34. The van der Waals surface area contributed by atoms with Crippen LogP contribution in [-0.2, 0) is 4.79 Å². The van der Waals surface area contributed by atoms with Crippen molar-refractivity contribution in [2.24, 2.45) is 0 Å². The Balaban J connectivity index is 1.46. The molecule has 1 saturated heterocycles. The van der Waals surface area contributed by atoms with Crippen molar-refractivity contribution in [1.82, 2.24) is 15.1 Å². The Morgan fingerprint density at radius 1 is 1.07 bits per heavy atom. The fourth-order valence-electron chi connectivity index (χ4n) is 3.48. The maximum Gasteiger partial charge on any atom is 0.326 e. The molecule has 2 N–H and O–H groups in total. The molecule has 30 heavy (non-hydrogen) atoms. The molecule has 0 bridgehead atoms. The minimum atomic E-state index is -0.959. The first-order chi connectivity index (χ1) is 14.5. The molecule has 0 aliphatic carbocycles. The van der Waals surface area contributed by atoms with Crippen molar-refractivity contribution in [3.8, 4) is 11.3 Å². The van der Waals surface area contributed by atoms with Gasteiger partial charge in [-0.3, -0.25) is 4.79 Å². The summed E-state index contributed by atoms with van der Waals surface area (Å²) < 4.78 is 0. The number of anilines is 2. The van der Waals surface area contributed by atoms with Crippen molar-refractivity contribution in [3.05, 3.63) is 71.2 Å². The lowest BCUT2D eigenvalue weighted by molar-refractivity contribution is -0.141. The van der Waals surface area contributed by atoms with E-state index in [9.17, 15) is 14.7 Å². The maximum atomic E-state index is 12.7. The third kappa shape index (κ3) is 4.26. The summed E-state index contributed by atoms with van der Waals surface area (Å²) in [6.45, 7) is 0.462.